The van der Waals surface area contributed by atoms with Crippen LogP contribution < -0.4 is 11.1 Å². The highest BCUT2D eigenvalue weighted by atomic mass is 19.1. The molecule has 0 bridgehead atoms. The van der Waals surface area contributed by atoms with E-state index in [4.69, 9.17) is 5.73 Å². The highest BCUT2D eigenvalue weighted by molar-refractivity contribution is 5.83. The number of hydrogen-bond acceptors (Lipinski definition) is 2. The topological polar surface area (TPSA) is 55.1 Å². The van der Waals surface area contributed by atoms with Gasteiger partial charge in [0.25, 0.3) is 0 Å². The summed E-state index contributed by atoms with van der Waals surface area (Å²) in [6.07, 6.45) is 0. The summed E-state index contributed by atoms with van der Waals surface area (Å²) < 4.78 is 13.4. The van der Waals surface area contributed by atoms with Gasteiger partial charge >= 0.3 is 0 Å². The van der Waals surface area contributed by atoms with E-state index in [-0.39, 0.29) is 17.1 Å². The van der Waals surface area contributed by atoms with Gasteiger partial charge in [0, 0.05) is 12.0 Å². The van der Waals surface area contributed by atoms with Gasteiger partial charge in [0.2, 0.25) is 5.91 Å². The fraction of sp³-hybridized carbons (Fsp3) is 0.316. The minimum Gasteiger partial charge on any atom is -0.354 e. The van der Waals surface area contributed by atoms with Gasteiger partial charge in [-0.2, -0.15) is 0 Å². The summed E-state index contributed by atoms with van der Waals surface area (Å²) in [5, 5.41) is 2.88. The van der Waals surface area contributed by atoms with Crippen LogP contribution in [0.25, 0.3) is 0 Å². The molecule has 4 heteroatoms. The molecule has 3 nitrogen and oxygen atoms in total. The van der Waals surface area contributed by atoms with Crippen molar-refractivity contribution in [1.29, 1.82) is 0 Å². The van der Waals surface area contributed by atoms with Crippen molar-refractivity contribution in [3.8, 4) is 0 Å². The smallest absolute Gasteiger partial charge is 0.241 e. The van der Waals surface area contributed by atoms with Gasteiger partial charge in [-0.1, -0.05) is 50.2 Å². The first-order valence-electron chi connectivity index (χ1n) is 7.66. The van der Waals surface area contributed by atoms with Crippen LogP contribution in [0.5, 0.6) is 0 Å². The molecule has 23 heavy (non-hydrogen) atoms. The van der Waals surface area contributed by atoms with E-state index in [9.17, 15) is 9.18 Å². The maximum atomic E-state index is 13.4. The number of aryl methyl sites for hydroxylation is 1. The van der Waals surface area contributed by atoms with Gasteiger partial charge in [-0.15, -0.1) is 0 Å². The monoisotopic (exact) mass is 314 g/mol. The molecule has 0 saturated heterocycles. The summed E-state index contributed by atoms with van der Waals surface area (Å²) in [5.41, 5.74) is 8.31. The van der Waals surface area contributed by atoms with Crippen LogP contribution in [0.15, 0.2) is 48.5 Å². The third-order valence-electron chi connectivity index (χ3n) is 4.12. The lowest BCUT2D eigenvalue weighted by molar-refractivity contribution is -0.122. The summed E-state index contributed by atoms with van der Waals surface area (Å²) in [5.74, 6) is -0.512. The minimum atomic E-state index is -0.709. The van der Waals surface area contributed by atoms with Crippen LogP contribution >= 0.6 is 0 Å². The van der Waals surface area contributed by atoms with Crippen molar-refractivity contribution in [2.45, 2.75) is 32.2 Å². The zero-order valence-electron chi connectivity index (χ0n) is 13.8. The first-order chi connectivity index (χ1) is 10.8. The maximum Gasteiger partial charge on any atom is 0.241 e. The Morgan fingerprint density at radius 2 is 1.91 bits per heavy atom. The molecule has 1 amide bonds. The Morgan fingerprint density at radius 3 is 2.57 bits per heavy atom. The molecular formula is C19H23FN2O. The number of carbonyl (C=O) groups is 1. The molecule has 1 unspecified atom stereocenters. The zero-order chi connectivity index (χ0) is 17.0. The van der Waals surface area contributed by atoms with Gasteiger partial charge in [0.05, 0.1) is 0 Å². The zero-order valence-corrected chi connectivity index (χ0v) is 13.8. The van der Waals surface area contributed by atoms with E-state index < -0.39 is 6.04 Å². The molecule has 2 rings (SSSR count). The molecule has 0 heterocycles. The predicted molar refractivity (Wildman–Crippen MR) is 90.5 cm³/mol. The lowest BCUT2D eigenvalue weighted by atomic mass is 9.84. The second-order valence-corrected chi connectivity index (χ2v) is 6.45. The summed E-state index contributed by atoms with van der Waals surface area (Å²) in [7, 11) is 0. The van der Waals surface area contributed by atoms with Crippen LogP contribution in [-0.4, -0.2) is 12.5 Å². The van der Waals surface area contributed by atoms with Gasteiger partial charge in [0.15, 0.2) is 0 Å². The van der Waals surface area contributed by atoms with Crippen LogP contribution in [-0.2, 0) is 10.2 Å². The lowest BCUT2D eigenvalue weighted by Crippen LogP contribution is -2.41. The third-order valence-corrected chi connectivity index (χ3v) is 4.12. The standard InChI is InChI=1S/C19H23FN2O/c1-13-7-4-5-10-16(13)17(21)18(23)22-12-19(2,3)14-8-6-9-15(20)11-14/h4-11,17H,12,21H2,1-3H3,(H,22,23). The van der Waals surface area contributed by atoms with Crippen molar-refractivity contribution in [1.82, 2.24) is 5.32 Å². The molecular weight excluding hydrogens is 291 g/mol. The van der Waals surface area contributed by atoms with Crippen molar-refractivity contribution < 1.29 is 9.18 Å². The molecule has 0 fully saturated rings. The van der Waals surface area contributed by atoms with Gasteiger partial charge < -0.3 is 11.1 Å². The average Bonchev–Trinajstić information content (AvgIpc) is 2.52. The molecule has 0 aromatic heterocycles. The average molecular weight is 314 g/mol. The third kappa shape index (κ3) is 4.17. The van der Waals surface area contributed by atoms with Gasteiger partial charge in [0.1, 0.15) is 11.9 Å². The highest BCUT2D eigenvalue weighted by Gasteiger charge is 2.24. The predicted octanol–water partition coefficient (Wildman–Crippen LogP) is 3.23. The normalized spacial score (nSPS) is 12.7. The fourth-order valence-electron chi connectivity index (χ4n) is 2.51. The Labute approximate surface area is 136 Å². The molecule has 1 atom stereocenters. The summed E-state index contributed by atoms with van der Waals surface area (Å²) >= 11 is 0. The van der Waals surface area contributed by atoms with Gasteiger partial charge in [-0.05, 0) is 35.7 Å². The molecule has 0 radical (unpaired) electrons. The van der Waals surface area contributed by atoms with Crippen LogP contribution in [0.1, 0.15) is 36.6 Å². The molecule has 2 aromatic rings. The van der Waals surface area contributed by atoms with Crippen LogP contribution in [0.4, 0.5) is 4.39 Å². The van der Waals surface area contributed by atoms with Crippen LogP contribution in [0, 0.1) is 12.7 Å². The summed E-state index contributed by atoms with van der Waals surface area (Å²) in [4.78, 5) is 12.3. The number of amides is 1. The van der Waals surface area contributed by atoms with Gasteiger partial charge in [-0.25, -0.2) is 4.39 Å². The van der Waals surface area contributed by atoms with Crippen molar-refractivity contribution in [3.05, 3.63) is 71.0 Å². The van der Waals surface area contributed by atoms with E-state index in [1.807, 2.05) is 51.1 Å². The number of benzene rings is 2. The Hall–Kier alpha value is -2.20. The number of nitrogens with two attached hydrogens (primary N) is 1. The SMILES string of the molecule is Cc1ccccc1C(N)C(=O)NCC(C)(C)c1cccc(F)c1. The van der Waals surface area contributed by atoms with Crippen molar-refractivity contribution in [2.75, 3.05) is 6.54 Å². The van der Waals surface area contributed by atoms with E-state index in [1.165, 1.54) is 12.1 Å². The largest absolute Gasteiger partial charge is 0.354 e. The molecule has 3 N–H and O–H groups in total. The first-order valence-corrected chi connectivity index (χ1v) is 7.66. The van der Waals surface area contributed by atoms with Crippen molar-refractivity contribution in [2.24, 2.45) is 5.73 Å². The van der Waals surface area contributed by atoms with Crippen LogP contribution in [0.3, 0.4) is 0 Å². The van der Waals surface area contributed by atoms with E-state index in [1.54, 1.807) is 6.07 Å². The lowest BCUT2D eigenvalue weighted by Gasteiger charge is -2.26. The molecule has 0 aliphatic rings. The Morgan fingerprint density at radius 1 is 1.22 bits per heavy atom. The Balaban J connectivity index is 2.05. The highest BCUT2D eigenvalue weighted by Crippen LogP contribution is 2.23. The van der Waals surface area contributed by atoms with E-state index in [2.05, 4.69) is 5.32 Å². The number of halogens is 1. The van der Waals surface area contributed by atoms with Crippen molar-refractivity contribution in [3.63, 3.8) is 0 Å². The minimum absolute atomic E-state index is 0.233. The number of hydrogen-bond donors (Lipinski definition) is 2. The summed E-state index contributed by atoms with van der Waals surface area (Å²) in [6.45, 7) is 6.23. The molecule has 0 spiro atoms. The van der Waals surface area contributed by atoms with Gasteiger partial charge in [-0.3, -0.25) is 4.79 Å². The second kappa shape index (κ2) is 6.92. The fourth-order valence-corrected chi connectivity index (χ4v) is 2.51. The van der Waals surface area contributed by atoms with E-state index in [0.717, 1.165) is 16.7 Å². The molecule has 0 saturated carbocycles. The molecule has 122 valence electrons. The maximum absolute atomic E-state index is 13.4. The number of nitrogens with one attached hydrogen (secondary N) is 1. The Bertz CT molecular complexity index is 697. The molecule has 0 aliphatic heterocycles. The quantitative estimate of drug-likeness (QED) is 0.890. The van der Waals surface area contributed by atoms with E-state index >= 15 is 0 Å². The van der Waals surface area contributed by atoms with Crippen LogP contribution in [0.2, 0.25) is 0 Å². The number of rotatable bonds is 5. The first kappa shape index (κ1) is 17.2. The summed E-state index contributed by atoms with van der Waals surface area (Å²) in [6, 6.07) is 13.3. The number of carbonyl (C=O) groups excluding carboxylic acids is 1. The molecule has 0 aliphatic carbocycles. The van der Waals surface area contributed by atoms with Crippen molar-refractivity contribution >= 4 is 5.91 Å². The van der Waals surface area contributed by atoms with E-state index in [0.29, 0.717) is 6.54 Å². The second-order valence-electron chi connectivity index (χ2n) is 6.45. The molecule has 2 aromatic carbocycles. The Kier molecular flexibility index (Phi) is 5.16.